The quantitative estimate of drug-likeness (QED) is 0.869. The molecule has 1 aliphatic heterocycles. The topological polar surface area (TPSA) is 50.4 Å². The third-order valence-corrected chi connectivity index (χ3v) is 3.76. The number of para-hydroxylation sites is 1. The number of hydrogen-bond donors (Lipinski definition) is 2. The van der Waals surface area contributed by atoms with E-state index in [1.54, 1.807) is 0 Å². The minimum atomic E-state index is -0.0347. The summed E-state index contributed by atoms with van der Waals surface area (Å²) in [6.07, 6.45) is 0.984. The molecule has 4 nitrogen and oxygen atoms in total. The Kier molecular flexibility index (Phi) is 5.15. The lowest BCUT2D eigenvalue weighted by atomic mass is 10.0. The van der Waals surface area contributed by atoms with Crippen molar-refractivity contribution in [1.29, 1.82) is 0 Å². The van der Waals surface area contributed by atoms with Gasteiger partial charge in [-0.15, -0.1) is 0 Å². The van der Waals surface area contributed by atoms with Crippen LogP contribution in [-0.2, 0) is 9.53 Å². The zero-order chi connectivity index (χ0) is 14.5. The minimum Gasteiger partial charge on any atom is -0.378 e. The number of benzene rings is 1. The second kappa shape index (κ2) is 6.86. The van der Waals surface area contributed by atoms with Crippen molar-refractivity contribution in [1.82, 2.24) is 5.32 Å². The normalized spacial score (nSPS) is 23.6. The van der Waals surface area contributed by atoms with E-state index in [4.69, 9.17) is 4.74 Å². The van der Waals surface area contributed by atoms with Gasteiger partial charge in [0.05, 0.1) is 18.6 Å². The number of rotatable bonds is 5. The van der Waals surface area contributed by atoms with Gasteiger partial charge in [0.15, 0.2) is 0 Å². The van der Waals surface area contributed by atoms with E-state index >= 15 is 0 Å². The van der Waals surface area contributed by atoms with Gasteiger partial charge in [-0.25, -0.2) is 0 Å². The fourth-order valence-corrected chi connectivity index (χ4v) is 2.64. The van der Waals surface area contributed by atoms with Gasteiger partial charge in [0.25, 0.3) is 0 Å². The molecule has 0 aromatic heterocycles. The molecule has 110 valence electrons. The average Bonchev–Trinajstić information content (AvgIpc) is 2.86. The van der Waals surface area contributed by atoms with E-state index in [1.165, 1.54) is 0 Å². The predicted molar refractivity (Wildman–Crippen MR) is 80.7 cm³/mol. The number of nitrogens with one attached hydrogen (secondary N) is 2. The largest absolute Gasteiger partial charge is 0.378 e. The van der Waals surface area contributed by atoms with Gasteiger partial charge in [-0.2, -0.15) is 0 Å². The van der Waals surface area contributed by atoms with E-state index in [9.17, 15) is 4.79 Å². The van der Waals surface area contributed by atoms with Crippen molar-refractivity contribution in [3.8, 4) is 0 Å². The van der Waals surface area contributed by atoms with Crippen LogP contribution < -0.4 is 10.6 Å². The molecule has 20 heavy (non-hydrogen) atoms. The SMILES string of the molecule is CCNC(C)c1ccccc1NC(=O)C1COC(C)C1. The third-order valence-electron chi connectivity index (χ3n) is 3.76. The Morgan fingerprint density at radius 1 is 1.45 bits per heavy atom. The highest BCUT2D eigenvalue weighted by Gasteiger charge is 2.28. The van der Waals surface area contributed by atoms with Gasteiger partial charge < -0.3 is 15.4 Å². The molecule has 1 aromatic rings. The van der Waals surface area contributed by atoms with Gasteiger partial charge in [0.1, 0.15) is 0 Å². The third kappa shape index (κ3) is 3.58. The molecule has 2 N–H and O–H groups in total. The molecular formula is C16H24N2O2. The molecule has 0 spiro atoms. The Bertz CT molecular complexity index is 462. The molecule has 0 saturated carbocycles. The highest BCUT2D eigenvalue weighted by molar-refractivity contribution is 5.93. The zero-order valence-corrected chi connectivity index (χ0v) is 12.5. The molecule has 3 unspecified atom stereocenters. The number of amides is 1. The molecule has 1 heterocycles. The van der Waals surface area contributed by atoms with Crippen LogP contribution in [0.2, 0.25) is 0 Å². The molecule has 3 atom stereocenters. The highest BCUT2D eigenvalue weighted by Crippen LogP contribution is 2.25. The molecule has 0 bridgehead atoms. The van der Waals surface area contributed by atoms with Crippen molar-refractivity contribution in [2.75, 3.05) is 18.5 Å². The van der Waals surface area contributed by atoms with Crippen molar-refractivity contribution in [2.24, 2.45) is 5.92 Å². The summed E-state index contributed by atoms with van der Waals surface area (Å²) in [5, 5.41) is 6.43. The van der Waals surface area contributed by atoms with Gasteiger partial charge in [0.2, 0.25) is 5.91 Å². The summed E-state index contributed by atoms with van der Waals surface area (Å²) in [4.78, 5) is 12.3. The van der Waals surface area contributed by atoms with E-state index in [-0.39, 0.29) is 24.0 Å². The van der Waals surface area contributed by atoms with Crippen LogP contribution >= 0.6 is 0 Å². The van der Waals surface area contributed by atoms with Crippen molar-refractivity contribution < 1.29 is 9.53 Å². The summed E-state index contributed by atoms with van der Waals surface area (Å²) < 4.78 is 5.47. The Morgan fingerprint density at radius 3 is 2.85 bits per heavy atom. The van der Waals surface area contributed by atoms with E-state index in [0.29, 0.717) is 6.61 Å². The maximum atomic E-state index is 12.3. The van der Waals surface area contributed by atoms with Gasteiger partial charge in [-0.1, -0.05) is 25.1 Å². The monoisotopic (exact) mass is 276 g/mol. The van der Waals surface area contributed by atoms with Crippen LogP contribution in [-0.4, -0.2) is 25.2 Å². The first-order chi connectivity index (χ1) is 9.61. The summed E-state index contributed by atoms with van der Waals surface area (Å²) in [5.41, 5.74) is 2.01. The Labute approximate surface area is 120 Å². The van der Waals surface area contributed by atoms with Crippen LogP contribution in [0.25, 0.3) is 0 Å². The zero-order valence-electron chi connectivity index (χ0n) is 12.5. The van der Waals surface area contributed by atoms with Crippen LogP contribution in [0.15, 0.2) is 24.3 Å². The number of carbonyl (C=O) groups excluding carboxylic acids is 1. The maximum absolute atomic E-state index is 12.3. The minimum absolute atomic E-state index is 0.0347. The van der Waals surface area contributed by atoms with Crippen molar-refractivity contribution in [3.63, 3.8) is 0 Å². The average molecular weight is 276 g/mol. The second-order valence-corrected chi connectivity index (χ2v) is 5.43. The first-order valence-electron chi connectivity index (χ1n) is 7.36. The van der Waals surface area contributed by atoms with E-state index in [2.05, 4.69) is 30.5 Å². The number of hydrogen-bond acceptors (Lipinski definition) is 3. The molecule has 1 aliphatic rings. The molecule has 0 radical (unpaired) electrons. The van der Waals surface area contributed by atoms with Crippen molar-refractivity contribution in [2.45, 2.75) is 39.3 Å². The van der Waals surface area contributed by atoms with E-state index < -0.39 is 0 Å². The predicted octanol–water partition coefficient (Wildman–Crippen LogP) is 2.72. The fraction of sp³-hybridized carbons (Fsp3) is 0.562. The van der Waals surface area contributed by atoms with Crippen LogP contribution in [0.1, 0.15) is 38.8 Å². The lowest BCUT2D eigenvalue weighted by molar-refractivity contribution is -0.119. The van der Waals surface area contributed by atoms with Crippen LogP contribution in [0, 0.1) is 5.92 Å². The van der Waals surface area contributed by atoms with Crippen molar-refractivity contribution >= 4 is 11.6 Å². The van der Waals surface area contributed by atoms with Gasteiger partial charge in [0, 0.05) is 11.7 Å². The first kappa shape index (κ1) is 15.0. The van der Waals surface area contributed by atoms with Crippen molar-refractivity contribution in [3.05, 3.63) is 29.8 Å². The molecular weight excluding hydrogens is 252 g/mol. The summed E-state index contributed by atoms with van der Waals surface area (Å²) in [6.45, 7) is 7.62. The van der Waals surface area contributed by atoms with Crippen LogP contribution in [0.5, 0.6) is 0 Å². The molecule has 1 fully saturated rings. The molecule has 1 saturated heterocycles. The molecule has 1 aromatic carbocycles. The fourth-order valence-electron chi connectivity index (χ4n) is 2.64. The Balaban J connectivity index is 2.07. The molecule has 2 rings (SSSR count). The lowest BCUT2D eigenvalue weighted by Gasteiger charge is -2.18. The smallest absolute Gasteiger partial charge is 0.229 e. The lowest BCUT2D eigenvalue weighted by Crippen LogP contribution is -2.25. The van der Waals surface area contributed by atoms with Gasteiger partial charge in [-0.05, 0) is 38.4 Å². The second-order valence-electron chi connectivity index (χ2n) is 5.43. The standard InChI is InChI=1S/C16H24N2O2/c1-4-17-12(3)14-7-5-6-8-15(14)18-16(19)13-9-11(2)20-10-13/h5-8,11-13,17H,4,9-10H2,1-3H3,(H,18,19). The summed E-state index contributed by atoms with van der Waals surface area (Å²) in [7, 11) is 0. The van der Waals surface area contributed by atoms with E-state index in [1.807, 2.05) is 25.1 Å². The molecule has 0 aliphatic carbocycles. The number of carbonyl (C=O) groups is 1. The van der Waals surface area contributed by atoms with Gasteiger partial charge in [-0.3, -0.25) is 4.79 Å². The molecule has 1 amide bonds. The Morgan fingerprint density at radius 2 is 2.20 bits per heavy atom. The number of ether oxygens (including phenoxy) is 1. The highest BCUT2D eigenvalue weighted by atomic mass is 16.5. The summed E-state index contributed by atoms with van der Waals surface area (Å²) >= 11 is 0. The first-order valence-corrected chi connectivity index (χ1v) is 7.36. The summed E-state index contributed by atoms with van der Waals surface area (Å²) in [6, 6.07) is 8.18. The molecule has 4 heteroatoms. The number of anilines is 1. The van der Waals surface area contributed by atoms with Crippen LogP contribution in [0.4, 0.5) is 5.69 Å². The maximum Gasteiger partial charge on any atom is 0.229 e. The van der Waals surface area contributed by atoms with Crippen LogP contribution in [0.3, 0.4) is 0 Å². The Hall–Kier alpha value is -1.39. The van der Waals surface area contributed by atoms with E-state index in [0.717, 1.165) is 24.2 Å². The van der Waals surface area contributed by atoms with Gasteiger partial charge >= 0.3 is 0 Å². The summed E-state index contributed by atoms with van der Waals surface area (Å²) in [5.74, 6) is 0.0259.